The molecule has 1 aliphatic carbocycles. The minimum absolute atomic E-state index is 0.389. The third kappa shape index (κ3) is 3.45. The van der Waals surface area contributed by atoms with E-state index in [4.69, 9.17) is 0 Å². The molecule has 0 bridgehead atoms. The molecule has 1 saturated heterocycles. The molecule has 0 radical (unpaired) electrons. The molecule has 4 rings (SSSR count). The van der Waals surface area contributed by atoms with Gasteiger partial charge in [-0.25, -0.2) is 19.9 Å². The van der Waals surface area contributed by atoms with Gasteiger partial charge in [0.2, 0.25) is 0 Å². The van der Waals surface area contributed by atoms with Crippen molar-refractivity contribution >= 4 is 23.4 Å². The van der Waals surface area contributed by atoms with E-state index in [-0.39, 0.29) is 0 Å². The lowest BCUT2D eigenvalue weighted by Crippen LogP contribution is -2.27. The second kappa shape index (κ2) is 6.55. The first-order valence-corrected chi connectivity index (χ1v) is 9.68. The molecular weight excluding hydrogens is 320 g/mol. The summed E-state index contributed by atoms with van der Waals surface area (Å²) in [5.41, 5.74) is 1.02. The Kier molecular flexibility index (Phi) is 4.26. The van der Waals surface area contributed by atoms with E-state index in [1.165, 1.54) is 12.8 Å². The predicted molar refractivity (Wildman–Crippen MR) is 96.8 cm³/mol. The first-order valence-electron chi connectivity index (χ1n) is 8.45. The Balaban J connectivity index is 1.43. The molecule has 1 saturated carbocycles. The van der Waals surface area contributed by atoms with Gasteiger partial charge in [-0.15, -0.1) is 0 Å². The third-order valence-corrected chi connectivity index (χ3v) is 5.03. The molecule has 1 N–H and O–H groups in total. The van der Waals surface area contributed by atoms with Crippen LogP contribution in [0.1, 0.15) is 36.7 Å². The average molecular weight is 342 g/mol. The van der Waals surface area contributed by atoms with E-state index in [1.807, 2.05) is 25.4 Å². The Morgan fingerprint density at radius 3 is 2.88 bits per heavy atom. The number of thioether (sulfide) groups is 1. The predicted octanol–water partition coefficient (Wildman–Crippen LogP) is 2.87. The van der Waals surface area contributed by atoms with Crippen molar-refractivity contribution in [1.82, 2.24) is 19.9 Å². The SMILES string of the molecule is CSc1nc(C)cc(N2CCC(Nc3ccnc(C4CC4)n3)C2)n1. The van der Waals surface area contributed by atoms with Crippen LogP contribution in [0.5, 0.6) is 0 Å². The summed E-state index contributed by atoms with van der Waals surface area (Å²) in [5, 5.41) is 4.40. The molecule has 6 nitrogen and oxygen atoms in total. The number of aromatic nitrogens is 4. The molecular formula is C17H22N6S. The first-order chi connectivity index (χ1) is 11.7. The second-order valence-corrected chi connectivity index (χ2v) is 7.28. The maximum atomic E-state index is 4.67. The Morgan fingerprint density at radius 1 is 1.21 bits per heavy atom. The number of anilines is 2. The van der Waals surface area contributed by atoms with Crippen LogP contribution in [0.25, 0.3) is 0 Å². The van der Waals surface area contributed by atoms with E-state index in [9.17, 15) is 0 Å². The first kappa shape index (κ1) is 15.6. The maximum absolute atomic E-state index is 4.67. The fourth-order valence-electron chi connectivity index (χ4n) is 3.07. The topological polar surface area (TPSA) is 66.8 Å². The number of aryl methyl sites for hydroxylation is 1. The van der Waals surface area contributed by atoms with Crippen molar-refractivity contribution in [2.45, 2.75) is 43.3 Å². The van der Waals surface area contributed by atoms with Crippen LogP contribution in [0.4, 0.5) is 11.6 Å². The zero-order valence-corrected chi connectivity index (χ0v) is 14.9. The molecule has 0 spiro atoms. The summed E-state index contributed by atoms with van der Waals surface area (Å²) in [5.74, 6) is 3.55. The number of nitrogens with zero attached hydrogens (tertiary/aromatic N) is 5. The van der Waals surface area contributed by atoms with E-state index in [2.05, 4.69) is 36.2 Å². The number of hydrogen-bond acceptors (Lipinski definition) is 7. The fourth-order valence-corrected chi connectivity index (χ4v) is 3.49. The summed E-state index contributed by atoms with van der Waals surface area (Å²) in [6, 6.07) is 4.42. The molecule has 2 aromatic heterocycles. The molecule has 0 aromatic carbocycles. The Morgan fingerprint density at radius 2 is 2.08 bits per heavy atom. The minimum Gasteiger partial charge on any atom is -0.365 e. The summed E-state index contributed by atoms with van der Waals surface area (Å²) in [7, 11) is 0. The quantitative estimate of drug-likeness (QED) is 0.662. The minimum atomic E-state index is 0.389. The smallest absolute Gasteiger partial charge is 0.189 e. The van der Waals surface area contributed by atoms with Crippen LogP contribution in [-0.4, -0.2) is 45.3 Å². The molecule has 2 fully saturated rings. The van der Waals surface area contributed by atoms with Gasteiger partial charge < -0.3 is 10.2 Å². The van der Waals surface area contributed by atoms with E-state index in [0.717, 1.165) is 47.8 Å². The summed E-state index contributed by atoms with van der Waals surface area (Å²) in [6.45, 7) is 3.96. The Labute approximate surface area is 146 Å². The van der Waals surface area contributed by atoms with E-state index < -0.39 is 0 Å². The lowest BCUT2D eigenvalue weighted by Gasteiger charge is -2.19. The van der Waals surface area contributed by atoms with E-state index in [1.54, 1.807) is 11.8 Å². The van der Waals surface area contributed by atoms with Gasteiger partial charge in [-0.2, -0.15) is 0 Å². The highest BCUT2D eigenvalue weighted by molar-refractivity contribution is 7.98. The highest BCUT2D eigenvalue weighted by Gasteiger charge is 2.28. The molecule has 126 valence electrons. The summed E-state index contributed by atoms with van der Waals surface area (Å²) in [6.07, 6.45) is 7.42. The Bertz CT molecular complexity index is 733. The van der Waals surface area contributed by atoms with Gasteiger partial charge in [-0.3, -0.25) is 0 Å². The Hall–Kier alpha value is -1.89. The third-order valence-electron chi connectivity index (χ3n) is 4.48. The normalized spacial score (nSPS) is 20.4. The molecule has 24 heavy (non-hydrogen) atoms. The van der Waals surface area contributed by atoms with Crippen LogP contribution in [-0.2, 0) is 0 Å². The van der Waals surface area contributed by atoms with Crippen molar-refractivity contribution in [3.05, 3.63) is 29.8 Å². The van der Waals surface area contributed by atoms with Gasteiger partial charge in [-0.1, -0.05) is 11.8 Å². The maximum Gasteiger partial charge on any atom is 0.189 e. The number of rotatable bonds is 5. The molecule has 1 aliphatic heterocycles. The van der Waals surface area contributed by atoms with Gasteiger partial charge >= 0.3 is 0 Å². The van der Waals surface area contributed by atoms with Crippen molar-refractivity contribution in [2.24, 2.45) is 0 Å². The molecule has 2 aromatic rings. The van der Waals surface area contributed by atoms with Crippen molar-refractivity contribution in [2.75, 3.05) is 29.6 Å². The molecule has 1 atom stereocenters. The monoisotopic (exact) mass is 342 g/mol. The number of nitrogens with one attached hydrogen (secondary N) is 1. The van der Waals surface area contributed by atoms with Gasteiger partial charge in [0.1, 0.15) is 17.5 Å². The van der Waals surface area contributed by atoms with Crippen molar-refractivity contribution < 1.29 is 0 Å². The van der Waals surface area contributed by atoms with Crippen LogP contribution < -0.4 is 10.2 Å². The van der Waals surface area contributed by atoms with Crippen LogP contribution >= 0.6 is 11.8 Å². The van der Waals surface area contributed by atoms with Gasteiger partial charge in [-0.05, 0) is 38.5 Å². The summed E-state index contributed by atoms with van der Waals surface area (Å²) >= 11 is 1.59. The van der Waals surface area contributed by atoms with Gasteiger partial charge in [0.25, 0.3) is 0 Å². The average Bonchev–Trinajstić information content (AvgIpc) is 3.34. The lowest BCUT2D eigenvalue weighted by molar-refractivity contribution is 0.790. The van der Waals surface area contributed by atoms with E-state index in [0.29, 0.717) is 12.0 Å². The van der Waals surface area contributed by atoms with Crippen LogP contribution in [0.15, 0.2) is 23.5 Å². The van der Waals surface area contributed by atoms with Crippen molar-refractivity contribution in [3.8, 4) is 0 Å². The van der Waals surface area contributed by atoms with Crippen LogP contribution in [0.3, 0.4) is 0 Å². The number of hydrogen-bond donors (Lipinski definition) is 1. The highest BCUT2D eigenvalue weighted by atomic mass is 32.2. The zero-order valence-electron chi connectivity index (χ0n) is 14.1. The zero-order chi connectivity index (χ0) is 16.5. The van der Waals surface area contributed by atoms with Crippen molar-refractivity contribution in [3.63, 3.8) is 0 Å². The van der Waals surface area contributed by atoms with Crippen LogP contribution in [0.2, 0.25) is 0 Å². The van der Waals surface area contributed by atoms with E-state index >= 15 is 0 Å². The lowest BCUT2D eigenvalue weighted by atomic mass is 10.2. The summed E-state index contributed by atoms with van der Waals surface area (Å²) in [4.78, 5) is 20.5. The standard InChI is InChI=1S/C17H22N6S/c1-11-9-15(22-17(19-11)24-2)23-8-6-13(10-23)20-14-5-7-18-16(21-14)12-3-4-12/h5,7,9,12-13H,3-4,6,8,10H2,1-2H3,(H,18,20,21). The molecule has 3 heterocycles. The van der Waals surface area contributed by atoms with Gasteiger partial charge in [0.15, 0.2) is 5.16 Å². The van der Waals surface area contributed by atoms with Crippen LogP contribution in [0, 0.1) is 6.92 Å². The van der Waals surface area contributed by atoms with Gasteiger partial charge in [0, 0.05) is 43.0 Å². The highest BCUT2D eigenvalue weighted by Crippen LogP contribution is 2.38. The van der Waals surface area contributed by atoms with Gasteiger partial charge in [0.05, 0.1) is 0 Å². The largest absolute Gasteiger partial charge is 0.365 e. The molecule has 1 unspecified atom stereocenters. The second-order valence-electron chi connectivity index (χ2n) is 6.50. The van der Waals surface area contributed by atoms with Crippen molar-refractivity contribution in [1.29, 1.82) is 0 Å². The summed E-state index contributed by atoms with van der Waals surface area (Å²) < 4.78 is 0. The fraction of sp³-hybridized carbons (Fsp3) is 0.529. The molecule has 7 heteroatoms. The molecule has 0 amide bonds. The molecule has 2 aliphatic rings.